The van der Waals surface area contributed by atoms with Crippen LogP contribution in [0.1, 0.15) is 11.3 Å². The lowest BCUT2D eigenvalue weighted by atomic mass is 10.2. The molecular weight excluding hydrogens is 463 g/mol. The molecule has 0 aliphatic rings. The number of carbonyl (C=O) groups excluding carboxylic acids is 1. The number of thiophene rings is 1. The molecule has 0 aliphatic heterocycles. The number of amides is 1. The molecule has 0 N–H and O–H groups in total. The zero-order chi connectivity index (χ0) is 21.5. The second kappa shape index (κ2) is 11.2. The first-order valence-corrected chi connectivity index (χ1v) is 11.8. The number of aromatic nitrogens is 3. The summed E-state index contributed by atoms with van der Waals surface area (Å²) in [4.78, 5) is 15.3. The van der Waals surface area contributed by atoms with Crippen molar-refractivity contribution in [2.24, 2.45) is 0 Å². The second-order valence-electron chi connectivity index (χ2n) is 6.53. The number of ether oxygens (including phenoxy) is 1. The maximum atomic E-state index is 12.6. The highest BCUT2D eigenvalue weighted by Gasteiger charge is 2.18. The van der Waals surface area contributed by atoms with Gasteiger partial charge in [0, 0.05) is 37.7 Å². The third-order valence-electron chi connectivity index (χ3n) is 4.33. The van der Waals surface area contributed by atoms with Gasteiger partial charge in [0.2, 0.25) is 5.91 Å². The lowest BCUT2D eigenvalue weighted by Crippen LogP contribution is -2.27. The zero-order valence-corrected chi connectivity index (χ0v) is 19.8. The van der Waals surface area contributed by atoms with Crippen molar-refractivity contribution in [3.8, 4) is 11.4 Å². The third-order valence-corrected chi connectivity index (χ3v) is 6.83. The summed E-state index contributed by atoms with van der Waals surface area (Å²) in [5.74, 6) is 0.962. The van der Waals surface area contributed by atoms with Crippen LogP contribution in [0, 0.1) is 0 Å². The van der Waals surface area contributed by atoms with Gasteiger partial charge in [-0.25, -0.2) is 0 Å². The highest BCUT2D eigenvalue weighted by molar-refractivity contribution is 7.99. The van der Waals surface area contributed by atoms with Crippen molar-refractivity contribution >= 4 is 52.2 Å². The summed E-state index contributed by atoms with van der Waals surface area (Å²) in [5.41, 5.74) is 0.814. The SMILES string of the molecule is COCCCn1c(SCC(=O)N(C)Cc2ccc(Cl)s2)nnc1-c1ccccc1Cl. The first-order valence-electron chi connectivity index (χ1n) is 9.27. The highest BCUT2D eigenvalue weighted by atomic mass is 35.5. The third kappa shape index (κ3) is 5.98. The van der Waals surface area contributed by atoms with Crippen LogP contribution in [0.2, 0.25) is 9.36 Å². The summed E-state index contributed by atoms with van der Waals surface area (Å²) >= 11 is 15.2. The van der Waals surface area contributed by atoms with Crippen molar-refractivity contribution in [2.75, 3.05) is 26.5 Å². The Hall–Kier alpha value is -1.58. The number of benzene rings is 1. The predicted octanol–water partition coefficient (Wildman–Crippen LogP) is 5.10. The van der Waals surface area contributed by atoms with Gasteiger partial charge in [-0.2, -0.15) is 0 Å². The van der Waals surface area contributed by atoms with Crippen LogP contribution in [0.25, 0.3) is 11.4 Å². The average Bonchev–Trinajstić information content (AvgIpc) is 3.32. The molecule has 0 bridgehead atoms. The minimum absolute atomic E-state index is 0.00950. The monoisotopic (exact) mass is 484 g/mol. The van der Waals surface area contributed by atoms with Crippen molar-refractivity contribution in [1.82, 2.24) is 19.7 Å². The Labute approximate surface area is 194 Å². The van der Waals surface area contributed by atoms with Gasteiger partial charge in [0.15, 0.2) is 11.0 Å². The molecule has 0 atom stereocenters. The molecule has 3 aromatic rings. The summed E-state index contributed by atoms with van der Waals surface area (Å²) in [6, 6.07) is 11.3. The fourth-order valence-corrected chi connectivity index (χ4v) is 5.07. The molecule has 10 heteroatoms. The van der Waals surface area contributed by atoms with E-state index >= 15 is 0 Å². The van der Waals surface area contributed by atoms with E-state index in [1.807, 2.05) is 41.0 Å². The largest absolute Gasteiger partial charge is 0.385 e. The smallest absolute Gasteiger partial charge is 0.233 e. The average molecular weight is 485 g/mol. The van der Waals surface area contributed by atoms with Gasteiger partial charge in [-0.15, -0.1) is 21.5 Å². The van der Waals surface area contributed by atoms with Crippen LogP contribution in [-0.4, -0.2) is 52.1 Å². The number of carbonyl (C=O) groups is 1. The topological polar surface area (TPSA) is 60.2 Å². The molecule has 0 unspecified atom stereocenters. The molecular formula is C20H22Cl2N4O2S2. The van der Waals surface area contributed by atoms with E-state index in [4.69, 9.17) is 27.9 Å². The Morgan fingerprint density at radius 3 is 2.73 bits per heavy atom. The molecule has 0 saturated heterocycles. The lowest BCUT2D eigenvalue weighted by Gasteiger charge is -2.16. The normalized spacial score (nSPS) is 11.1. The minimum Gasteiger partial charge on any atom is -0.385 e. The van der Waals surface area contributed by atoms with Crippen LogP contribution < -0.4 is 0 Å². The molecule has 0 aliphatic carbocycles. The van der Waals surface area contributed by atoms with E-state index in [1.54, 1.807) is 19.1 Å². The molecule has 0 spiro atoms. The Bertz CT molecular complexity index is 993. The molecule has 160 valence electrons. The number of methoxy groups -OCH3 is 1. The Morgan fingerprint density at radius 1 is 1.23 bits per heavy atom. The number of hydrogen-bond donors (Lipinski definition) is 0. The van der Waals surface area contributed by atoms with Crippen LogP contribution in [0.3, 0.4) is 0 Å². The van der Waals surface area contributed by atoms with E-state index in [9.17, 15) is 4.79 Å². The standard InChI is InChI=1S/C20H22Cl2N4O2S2/c1-25(12-14-8-9-17(22)30-14)18(27)13-29-20-24-23-19(26(20)10-5-11-28-2)15-6-3-4-7-16(15)21/h3-4,6-9H,5,10-13H2,1-2H3. The van der Waals surface area contributed by atoms with E-state index in [1.165, 1.54) is 23.1 Å². The second-order valence-corrected chi connectivity index (χ2v) is 9.68. The summed E-state index contributed by atoms with van der Waals surface area (Å²) in [6.07, 6.45) is 0.798. The molecule has 0 radical (unpaired) electrons. The van der Waals surface area contributed by atoms with E-state index in [0.29, 0.717) is 35.7 Å². The molecule has 1 amide bonds. The van der Waals surface area contributed by atoms with Crippen molar-refractivity contribution in [3.05, 3.63) is 50.6 Å². The lowest BCUT2D eigenvalue weighted by molar-refractivity contribution is -0.127. The van der Waals surface area contributed by atoms with Crippen molar-refractivity contribution in [2.45, 2.75) is 24.7 Å². The van der Waals surface area contributed by atoms with Crippen LogP contribution >= 0.6 is 46.3 Å². The maximum absolute atomic E-state index is 12.6. The molecule has 0 saturated carbocycles. The quantitative estimate of drug-likeness (QED) is 0.295. The number of rotatable bonds is 10. The summed E-state index contributed by atoms with van der Waals surface area (Å²) in [7, 11) is 3.46. The molecule has 1 aromatic carbocycles. The van der Waals surface area contributed by atoms with E-state index in [2.05, 4.69) is 10.2 Å². The van der Waals surface area contributed by atoms with Crippen LogP contribution in [0.15, 0.2) is 41.6 Å². The van der Waals surface area contributed by atoms with E-state index in [-0.39, 0.29) is 11.7 Å². The van der Waals surface area contributed by atoms with E-state index in [0.717, 1.165) is 21.2 Å². The Kier molecular flexibility index (Phi) is 8.59. The van der Waals surface area contributed by atoms with Gasteiger partial charge in [-0.1, -0.05) is 47.1 Å². The van der Waals surface area contributed by atoms with Crippen molar-refractivity contribution in [1.29, 1.82) is 0 Å². The summed E-state index contributed by atoms with van der Waals surface area (Å²) in [5, 5.41) is 9.96. The van der Waals surface area contributed by atoms with Crippen LogP contribution in [-0.2, 0) is 22.6 Å². The fraction of sp³-hybridized carbons (Fsp3) is 0.350. The number of nitrogens with zero attached hydrogens (tertiary/aromatic N) is 4. The first kappa shape index (κ1) is 23.1. The van der Waals surface area contributed by atoms with Gasteiger partial charge < -0.3 is 14.2 Å². The number of thioether (sulfide) groups is 1. The zero-order valence-electron chi connectivity index (χ0n) is 16.7. The van der Waals surface area contributed by atoms with Gasteiger partial charge in [0.1, 0.15) is 0 Å². The van der Waals surface area contributed by atoms with Gasteiger partial charge in [0.25, 0.3) is 0 Å². The molecule has 30 heavy (non-hydrogen) atoms. The Balaban J connectivity index is 1.71. The predicted molar refractivity (Wildman–Crippen MR) is 123 cm³/mol. The van der Waals surface area contributed by atoms with Crippen molar-refractivity contribution < 1.29 is 9.53 Å². The maximum Gasteiger partial charge on any atom is 0.233 e. The number of hydrogen-bond acceptors (Lipinski definition) is 6. The molecule has 6 nitrogen and oxygen atoms in total. The molecule has 2 heterocycles. The summed E-state index contributed by atoms with van der Waals surface area (Å²) in [6.45, 7) is 1.82. The number of halogens is 2. The van der Waals surface area contributed by atoms with Gasteiger partial charge in [-0.3, -0.25) is 4.79 Å². The molecule has 0 fully saturated rings. The van der Waals surface area contributed by atoms with E-state index < -0.39 is 0 Å². The molecule has 3 rings (SSSR count). The minimum atomic E-state index is 0.00950. The summed E-state index contributed by atoms with van der Waals surface area (Å²) < 4.78 is 7.90. The highest BCUT2D eigenvalue weighted by Crippen LogP contribution is 2.30. The van der Waals surface area contributed by atoms with Gasteiger partial charge in [-0.05, 0) is 30.7 Å². The first-order chi connectivity index (χ1) is 14.5. The fourth-order valence-electron chi connectivity index (χ4n) is 2.80. The Morgan fingerprint density at radius 2 is 2.03 bits per heavy atom. The van der Waals surface area contributed by atoms with Crippen molar-refractivity contribution in [3.63, 3.8) is 0 Å². The van der Waals surface area contributed by atoms with Crippen LogP contribution in [0.4, 0.5) is 0 Å². The van der Waals surface area contributed by atoms with Gasteiger partial charge >= 0.3 is 0 Å². The van der Waals surface area contributed by atoms with Gasteiger partial charge in [0.05, 0.1) is 21.7 Å². The molecule has 2 aromatic heterocycles. The van der Waals surface area contributed by atoms with Crippen LogP contribution in [0.5, 0.6) is 0 Å².